The van der Waals surface area contributed by atoms with Crippen molar-refractivity contribution < 1.29 is 4.79 Å². The Labute approximate surface area is 110 Å². The third kappa shape index (κ3) is 4.09. The van der Waals surface area contributed by atoms with Gasteiger partial charge in [0.25, 0.3) is 5.91 Å². The number of benzene rings is 1. The van der Waals surface area contributed by atoms with Crippen LogP contribution in [0.4, 0.5) is 0 Å². The lowest BCUT2D eigenvalue weighted by Crippen LogP contribution is -2.40. The standard InChI is InChI=1S/C12H17IN2O/c1-2-4-11(8-14)15-12(16)9-5-3-6-10(13)7-9/h3,5-7,11H,2,4,8,14H2,1H3,(H,15,16). The number of halogens is 1. The first-order chi connectivity index (χ1) is 7.67. The van der Waals surface area contributed by atoms with Gasteiger partial charge in [0, 0.05) is 21.7 Å². The van der Waals surface area contributed by atoms with Gasteiger partial charge >= 0.3 is 0 Å². The number of rotatable bonds is 5. The summed E-state index contributed by atoms with van der Waals surface area (Å²) < 4.78 is 1.06. The smallest absolute Gasteiger partial charge is 0.251 e. The van der Waals surface area contributed by atoms with Crippen molar-refractivity contribution in [1.82, 2.24) is 5.32 Å². The Bertz CT molecular complexity index is 355. The molecule has 0 aliphatic rings. The Morgan fingerprint density at radius 1 is 1.56 bits per heavy atom. The minimum absolute atomic E-state index is 0.0394. The van der Waals surface area contributed by atoms with Gasteiger partial charge in [0.2, 0.25) is 0 Å². The molecule has 0 saturated heterocycles. The molecule has 16 heavy (non-hydrogen) atoms. The first-order valence-corrected chi connectivity index (χ1v) is 6.51. The third-order valence-electron chi connectivity index (χ3n) is 2.34. The van der Waals surface area contributed by atoms with Crippen molar-refractivity contribution >= 4 is 28.5 Å². The van der Waals surface area contributed by atoms with E-state index in [1.165, 1.54) is 0 Å². The fraction of sp³-hybridized carbons (Fsp3) is 0.417. The molecular weight excluding hydrogens is 315 g/mol. The molecule has 1 amide bonds. The van der Waals surface area contributed by atoms with Crippen LogP contribution in [0.25, 0.3) is 0 Å². The summed E-state index contributed by atoms with van der Waals surface area (Å²) in [5.41, 5.74) is 6.29. The number of nitrogens with two attached hydrogens (primary N) is 1. The Hall–Kier alpha value is -0.620. The average molecular weight is 332 g/mol. The van der Waals surface area contributed by atoms with Crippen LogP contribution in [0.3, 0.4) is 0 Å². The Kier molecular flexibility index (Phi) is 5.76. The molecule has 0 aromatic heterocycles. The molecule has 1 unspecified atom stereocenters. The van der Waals surface area contributed by atoms with E-state index in [1.807, 2.05) is 24.3 Å². The second-order valence-corrected chi connectivity index (χ2v) is 4.95. The molecule has 0 heterocycles. The summed E-state index contributed by atoms with van der Waals surface area (Å²) >= 11 is 2.19. The number of hydrogen-bond acceptors (Lipinski definition) is 2. The lowest BCUT2D eigenvalue weighted by Gasteiger charge is -2.15. The van der Waals surface area contributed by atoms with E-state index in [2.05, 4.69) is 34.8 Å². The van der Waals surface area contributed by atoms with Crippen molar-refractivity contribution in [3.8, 4) is 0 Å². The maximum atomic E-state index is 11.9. The van der Waals surface area contributed by atoms with E-state index in [1.54, 1.807) is 0 Å². The molecule has 0 spiro atoms. The summed E-state index contributed by atoms with van der Waals surface area (Å²) in [4.78, 5) is 11.9. The second-order valence-electron chi connectivity index (χ2n) is 3.71. The minimum atomic E-state index is -0.0394. The van der Waals surface area contributed by atoms with Crippen LogP contribution in [0.15, 0.2) is 24.3 Å². The van der Waals surface area contributed by atoms with E-state index in [0.717, 1.165) is 16.4 Å². The molecule has 3 N–H and O–H groups in total. The largest absolute Gasteiger partial charge is 0.348 e. The molecule has 4 heteroatoms. The molecule has 1 aromatic rings. The zero-order valence-corrected chi connectivity index (χ0v) is 11.5. The lowest BCUT2D eigenvalue weighted by atomic mass is 10.1. The summed E-state index contributed by atoms with van der Waals surface area (Å²) in [5.74, 6) is -0.0394. The van der Waals surface area contributed by atoms with Crippen molar-refractivity contribution in [3.05, 3.63) is 33.4 Å². The van der Waals surface area contributed by atoms with Crippen molar-refractivity contribution in [3.63, 3.8) is 0 Å². The molecule has 0 saturated carbocycles. The Morgan fingerprint density at radius 3 is 2.88 bits per heavy atom. The first kappa shape index (κ1) is 13.4. The Morgan fingerprint density at radius 2 is 2.31 bits per heavy atom. The molecule has 3 nitrogen and oxygen atoms in total. The van der Waals surface area contributed by atoms with Crippen LogP contribution in [0.2, 0.25) is 0 Å². The fourth-order valence-corrected chi connectivity index (χ4v) is 2.04. The molecule has 1 rings (SSSR count). The van der Waals surface area contributed by atoms with Gasteiger partial charge in [-0.3, -0.25) is 4.79 Å². The average Bonchev–Trinajstić information content (AvgIpc) is 2.28. The van der Waals surface area contributed by atoms with E-state index in [9.17, 15) is 4.79 Å². The summed E-state index contributed by atoms with van der Waals surface area (Å²) in [6.45, 7) is 2.57. The van der Waals surface area contributed by atoms with E-state index < -0.39 is 0 Å². The summed E-state index contributed by atoms with van der Waals surface area (Å²) in [6.07, 6.45) is 1.95. The van der Waals surface area contributed by atoms with Crippen LogP contribution in [0, 0.1) is 3.57 Å². The van der Waals surface area contributed by atoms with Crippen LogP contribution < -0.4 is 11.1 Å². The highest BCUT2D eigenvalue weighted by Crippen LogP contribution is 2.08. The highest BCUT2D eigenvalue weighted by molar-refractivity contribution is 14.1. The third-order valence-corrected chi connectivity index (χ3v) is 3.01. The number of nitrogens with one attached hydrogen (secondary N) is 1. The topological polar surface area (TPSA) is 55.1 Å². The second kappa shape index (κ2) is 6.85. The predicted molar refractivity (Wildman–Crippen MR) is 74.4 cm³/mol. The number of amides is 1. The van der Waals surface area contributed by atoms with Crippen LogP contribution in [0.5, 0.6) is 0 Å². The molecule has 0 radical (unpaired) electrons. The lowest BCUT2D eigenvalue weighted by molar-refractivity contribution is 0.0936. The first-order valence-electron chi connectivity index (χ1n) is 5.44. The molecule has 0 aliphatic carbocycles. The van der Waals surface area contributed by atoms with Gasteiger partial charge in [-0.05, 0) is 47.2 Å². The van der Waals surface area contributed by atoms with Gasteiger partial charge in [0.1, 0.15) is 0 Å². The van der Waals surface area contributed by atoms with Crippen molar-refractivity contribution in [2.75, 3.05) is 6.54 Å². The molecule has 0 aliphatic heterocycles. The van der Waals surface area contributed by atoms with Crippen molar-refractivity contribution in [2.24, 2.45) is 5.73 Å². The van der Waals surface area contributed by atoms with Crippen LogP contribution in [0.1, 0.15) is 30.1 Å². The number of carbonyl (C=O) groups excluding carboxylic acids is 1. The SMILES string of the molecule is CCCC(CN)NC(=O)c1cccc(I)c1. The van der Waals surface area contributed by atoms with Gasteiger partial charge in [-0.2, -0.15) is 0 Å². The summed E-state index contributed by atoms with van der Waals surface area (Å²) in [7, 11) is 0. The van der Waals surface area contributed by atoms with E-state index in [4.69, 9.17) is 5.73 Å². The predicted octanol–water partition coefficient (Wildman–Crippen LogP) is 2.15. The monoisotopic (exact) mass is 332 g/mol. The normalized spacial score (nSPS) is 12.2. The molecular formula is C12H17IN2O. The quantitative estimate of drug-likeness (QED) is 0.812. The summed E-state index contributed by atoms with van der Waals surface area (Å²) in [6, 6.07) is 7.61. The van der Waals surface area contributed by atoms with Gasteiger partial charge in [-0.15, -0.1) is 0 Å². The van der Waals surface area contributed by atoms with Gasteiger partial charge in [0.15, 0.2) is 0 Å². The van der Waals surface area contributed by atoms with Gasteiger partial charge in [-0.25, -0.2) is 0 Å². The van der Waals surface area contributed by atoms with E-state index in [-0.39, 0.29) is 11.9 Å². The van der Waals surface area contributed by atoms with Crippen molar-refractivity contribution in [1.29, 1.82) is 0 Å². The number of hydrogen-bond donors (Lipinski definition) is 2. The van der Waals surface area contributed by atoms with Gasteiger partial charge in [-0.1, -0.05) is 19.4 Å². The zero-order valence-electron chi connectivity index (χ0n) is 9.37. The van der Waals surface area contributed by atoms with Gasteiger partial charge < -0.3 is 11.1 Å². The minimum Gasteiger partial charge on any atom is -0.348 e. The molecule has 0 bridgehead atoms. The maximum Gasteiger partial charge on any atom is 0.251 e. The number of carbonyl (C=O) groups is 1. The fourth-order valence-electron chi connectivity index (χ4n) is 1.50. The molecule has 0 fully saturated rings. The summed E-state index contributed by atoms with van der Waals surface area (Å²) in [5, 5.41) is 2.94. The molecule has 1 aromatic carbocycles. The molecule has 88 valence electrons. The molecule has 1 atom stereocenters. The van der Waals surface area contributed by atoms with E-state index >= 15 is 0 Å². The highest BCUT2D eigenvalue weighted by atomic mass is 127. The van der Waals surface area contributed by atoms with Crippen molar-refractivity contribution in [2.45, 2.75) is 25.8 Å². The van der Waals surface area contributed by atoms with Gasteiger partial charge in [0.05, 0.1) is 0 Å². The highest BCUT2D eigenvalue weighted by Gasteiger charge is 2.11. The van der Waals surface area contributed by atoms with E-state index in [0.29, 0.717) is 12.1 Å². The van der Waals surface area contributed by atoms with Crippen LogP contribution >= 0.6 is 22.6 Å². The zero-order chi connectivity index (χ0) is 12.0. The maximum absolute atomic E-state index is 11.9. The van der Waals surface area contributed by atoms with Crippen LogP contribution in [-0.4, -0.2) is 18.5 Å². The van der Waals surface area contributed by atoms with Crippen LogP contribution in [-0.2, 0) is 0 Å². The Balaban J connectivity index is 2.64.